The highest BCUT2D eigenvalue weighted by Gasteiger charge is 2.24. The maximum Gasteiger partial charge on any atom is 0.239 e. The zero-order valence-electron chi connectivity index (χ0n) is 11.4. The molecule has 1 fully saturated rings. The van der Waals surface area contributed by atoms with Gasteiger partial charge in [0, 0.05) is 39.8 Å². The fourth-order valence-electron chi connectivity index (χ4n) is 2.02. The first-order valence-electron chi connectivity index (χ1n) is 6.55. The van der Waals surface area contributed by atoms with Crippen LogP contribution in [-0.2, 0) is 9.53 Å². The van der Waals surface area contributed by atoms with Crippen LogP contribution in [0.15, 0.2) is 0 Å². The second-order valence-electron chi connectivity index (χ2n) is 4.56. The lowest BCUT2D eigenvalue weighted by atomic mass is 10.2. The number of nitrogens with zero attached hydrogens (tertiary/aromatic N) is 2. The molecule has 0 spiro atoms. The second-order valence-corrected chi connectivity index (χ2v) is 4.56. The van der Waals surface area contributed by atoms with Crippen LogP contribution < -0.4 is 5.32 Å². The van der Waals surface area contributed by atoms with E-state index in [1.165, 1.54) is 0 Å². The Kier molecular flexibility index (Phi) is 7.19. The minimum atomic E-state index is -0.0741. The first-order valence-corrected chi connectivity index (χ1v) is 6.55. The van der Waals surface area contributed by atoms with E-state index in [-0.39, 0.29) is 18.6 Å². The average Bonchev–Trinajstić information content (AvgIpc) is 2.42. The molecule has 1 heterocycles. The number of hydrogen-bond acceptors (Lipinski definition) is 5. The summed E-state index contributed by atoms with van der Waals surface area (Å²) in [5, 5.41) is 11.9. The van der Waals surface area contributed by atoms with Crippen molar-refractivity contribution in [1.82, 2.24) is 15.1 Å². The first kappa shape index (κ1) is 15.4. The van der Waals surface area contributed by atoms with E-state index < -0.39 is 0 Å². The van der Waals surface area contributed by atoms with E-state index in [4.69, 9.17) is 9.84 Å². The molecule has 0 aromatic rings. The number of rotatable bonds is 7. The van der Waals surface area contributed by atoms with Crippen molar-refractivity contribution in [3.8, 4) is 0 Å². The number of aliphatic hydroxyl groups is 1. The number of nitrogens with one attached hydrogen (secondary N) is 1. The lowest BCUT2D eigenvalue weighted by Gasteiger charge is -2.34. The molecule has 1 rings (SSSR count). The molecule has 0 aromatic carbocycles. The van der Waals surface area contributed by atoms with E-state index in [1.54, 1.807) is 11.9 Å². The molecule has 6 heteroatoms. The lowest BCUT2D eigenvalue weighted by molar-refractivity contribution is -0.136. The van der Waals surface area contributed by atoms with Gasteiger partial charge in [0.1, 0.15) is 0 Å². The van der Waals surface area contributed by atoms with Gasteiger partial charge in [0.2, 0.25) is 5.91 Å². The van der Waals surface area contributed by atoms with Crippen molar-refractivity contribution in [3.63, 3.8) is 0 Å². The van der Waals surface area contributed by atoms with Gasteiger partial charge < -0.3 is 20.1 Å². The van der Waals surface area contributed by atoms with Crippen LogP contribution in [0.25, 0.3) is 0 Å². The van der Waals surface area contributed by atoms with Gasteiger partial charge in [0.15, 0.2) is 0 Å². The number of carbonyl (C=O) groups is 1. The molecule has 0 aliphatic carbocycles. The molecule has 6 nitrogen and oxygen atoms in total. The van der Waals surface area contributed by atoms with Crippen LogP contribution in [0.3, 0.4) is 0 Å². The van der Waals surface area contributed by atoms with Gasteiger partial charge in [0.05, 0.1) is 25.9 Å². The smallest absolute Gasteiger partial charge is 0.239 e. The predicted molar refractivity (Wildman–Crippen MR) is 69.4 cm³/mol. The summed E-state index contributed by atoms with van der Waals surface area (Å²) in [6.45, 7) is 7.07. The van der Waals surface area contributed by atoms with Crippen molar-refractivity contribution in [2.75, 3.05) is 59.6 Å². The zero-order chi connectivity index (χ0) is 13.4. The van der Waals surface area contributed by atoms with E-state index in [1.807, 2.05) is 6.92 Å². The zero-order valence-corrected chi connectivity index (χ0v) is 11.4. The Morgan fingerprint density at radius 3 is 2.72 bits per heavy atom. The van der Waals surface area contributed by atoms with Crippen LogP contribution in [-0.4, -0.2) is 86.4 Å². The molecule has 1 unspecified atom stereocenters. The summed E-state index contributed by atoms with van der Waals surface area (Å²) in [4.78, 5) is 16.1. The Labute approximate surface area is 109 Å². The van der Waals surface area contributed by atoms with Crippen LogP contribution >= 0.6 is 0 Å². The fraction of sp³-hybridized carbons (Fsp3) is 0.917. The number of aliphatic hydroxyl groups excluding tert-OH is 1. The highest BCUT2D eigenvalue weighted by atomic mass is 16.5. The number of likely N-dealkylation sites (N-methyl/N-ethyl adjacent to an activating group) is 1. The van der Waals surface area contributed by atoms with Gasteiger partial charge in [-0.25, -0.2) is 0 Å². The molecular formula is C12H25N3O3. The highest BCUT2D eigenvalue weighted by molar-refractivity contribution is 5.81. The van der Waals surface area contributed by atoms with Gasteiger partial charge in [-0.05, 0) is 6.92 Å². The largest absolute Gasteiger partial charge is 0.394 e. The van der Waals surface area contributed by atoms with Gasteiger partial charge in [-0.2, -0.15) is 0 Å². The minimum Gasteiger partial charge on any atom is -0.394 e. The third-order valence-corrected chi connectivity index (χ3v) is 3.24. The fourth-order valence-corrected chi connectivity index (χ4v) is 2.02. The van der Waals surface area contributed by atoms with E-state index in [9.17, 15) is 4.79 Å². The van der Waals surface area contributed by atoms with Crippen molar-refractivity contribution >= 4 is 5.91 Å². The Bertz CT molecular complexity index is 245. The van der Waals surface area contributed by atoms with Gasteiger partial charge in [-0.1, -0.05) is 0 Å². The monoisotopic (exact) mass is 259 g/mol. The third-order valence-electron chi connectivity index (χ3n) is 3.24. The van der Waals surface area contributed by atoms with Gasteiger partial charge >= 0.3 is 0 Å². The summed E-state index contributed by atoms with van der Waals surface area (Å²) in [7, 11) is 1.79. The van der Waals surface area contributed by atoms with Crippen LogP contribution in [0.4, 0.5) is 0 Å². The SMILES string of the molecule is CC(C(=O)N(C)CCOCCO)N1CCNCC1. The average molecular weight is 259 g/mol. The number of piperazine rings is 1. The molecule has 106 valence electrons. The van der Waals surface area contributed by atoms with E-state index in [2.05, 4.69) is 10.2 Å². The van der Waals surface area contributed by atoms with E-state index in [0.29, 0.717) is 19.8 Å². The topological polar surface area (TPSA) is 65.0 Å². The van der Waals surface area contributed by atoms with Crippen LogP contribution in [0.5, 0.6) is 0 Å². The lowest BCUT2D eigenvalue weighted by Crippen LogP contribution is -2.53. The van der Waals surface area contributed by atoms with E-state index >= 15 is 0 Å². The Morgan fingerprint density at radius 1 is 1.44 bits per heavy atom. The summed E-state index contributed by atoms with van der Waals surface area (Å²) in [6.07, 6.45) is 0. The van der Waals surface area contributed by atoms with Crippen molar-refractivity contribution in [3.05, 3.63) is 0 Å². The van der Waals surface area contributed by atoms with Crippen molar-refractivity contribution < 1.29 is 14.6 Å². The second kappa shape index (κ2) is 8.42. The molecule has 1 atom stereocenters. The molecule has 0 radical (unpaired) electrons. The quantitative estimate of drug-likeness (QED) is 0.559. The number of ether oxygens (including phenoxy) is 1. The Hall–Kier alpha value is -0.690. The van der Waals surface area contributed by atoms with Gasteiger partial charge in [-0.15, -0.1) is 0 Å². The summed E-state index contributed by atoms with van der Waals surface area (Å²) in [6, 6.07) is -0.0741. The highest BCUT2D eigenvalue weighted by Crippen LogP contribution is 2.04. The summed E-state index contributed by atoms with van der Waals surface area (Å²) in [5.41, 5.74) is 0. The van der Waals surface area contributed by atoms with Gasteiger partial charge in [0.25, 0.3) is 0 Å². The molecule has 0 aromatic heterocycles. The molecule has 2 N–H and O–H groups in total. The standard InChI is InChI=1S/C12H25N3O3/c1-11(15-5-3-13-4-6-15)12(17)14(2)7-9-18-10-8-16/h11,13,16H,3-10H2,1-2H3. The molecule has 1 aliphatic rings. The number of carbonyl (C=O) groups excluding carboxylic acids is 1. The molecule has 0 bridgehead atoms. The molecule has 1 amide bonds. The third kappa shape index (κ3) is 4.89. The normalized spacial score (nSPS) is 18.6. The van der Waals surface area contributed by atoms with Crippen LogP contribution in [0.1, 0.15) is 6.92 Å². The molecular weight excluding hydrogens is 234 g/mol. The van der Waals surface area contributed by atoms with Crippen molar-refractivity contribution in [1.29, 1.82) is 0 Å². The van der Waals surface area contributed by atoms with Crippen LogP contribution in [0.2, 0.25) is 0 Å². The summed E-state index contributed by atoms with van der Waals surface area (Å²) >= 11 is 0. The maximum absolute atomic E-state index is 12.2. The van der Waals surface area contributed by atoms with E-state index in [0.717, 1.165) is 26.2 Å². The van der Waals surface area contributed by atoms with Crippen molar-refractivity contribution in [2.45, 2.75) is 13.0 Å². The Balaban J connectivity index is 2.27. The minimum absolute atomic E-state index is 0.0227. The van der Waals surface area contributed by atoms with Crippen molar-refractivity contribution in [2.24, 2.45) is 0 Å². The Morgan fingerprint density at radius 2 is 2.11 bits per heavy atom. The summed E-state index contributed by atoms with van der Waals surface area (Å²) in [5.74, 6) is 0.129. The molecule has 0 saturated carbocycles. The maximum atomic E-state index is 12.2. The first-order chi connectivity index (χ1) is 8.66. The summed E-state index contributed by atoms with van der Waals surface area (Å²) < 4.78 is 5.16. The molecule has 18 heavy (non-hydrogen) atoms. The number of hydrogen-bond donors (Lipinski definition) is 2. The number of amides is 1. The van der Waals surface area contributed by atoms with Gasteiger partial charge in [-0.3, -0.25) is 9.69 Å². The molecule has 1 saturated heterocycles. The molecule has 1 aliphatic heterocycles. The van der Waals surface area contributed by atoms with Crippen LogP contribution in [0, 0.1) is 0 Å². The predicted octanol–water partition coefficient (Wildman–Crippen LogP) is -1.25.